The molecule has 0 radical (unpaired) electrons. The molecule has 2 aromatic heterocycles. The van der Waals surface area contributed by atoms with Crippen LogP contribution in [0.25, 0.3) is 11.0 Å². The highest BCUT2D eigenvalue weighted by Crippen LogP contribution is 2.33. The Morgan fingerprint density at radius 2 is 2.04 bits per heavy atom. The van der Waals surface area contributed by atoms with Crippen molar-refractivity contribution in [1.82, 2.24) is 19.8 Å². The largest absolute Gasteiger partial charge is 0.338 e. The summed E-state index contributed by atoms with van der Waals surface area (Å²) in [5.41, 5.74) is 3.19. The van der Waals surface area contributed by atoms with Gasteiger partial charge in [0.1, 0.15) is 0 Å². The highest BCUT2D eigenvalue weighted by molar-refractivity contribution is 9.10. The summed E-state index contributed by atoms with van der Waals surface area (Å²) in [6.07, 6.45) is 6.05. The molecule has 3 aliphatic rings. The maximum absolute atomic E-state index is 12.7. The van der Waals surface area contributed by atoms with Crippen LogP contribution in [0.15, 0.2) is 22.8 Å². The van der Waals surface area contributed by atoms with E-state index < -0.39 is 0 Å². The van der Waals surface area contributed by atoms with Gasteiger partial charge in [-0.25, -0.2) is 9.97 Å². The van der Waals surface area contributed by atoms with Crippen molar-refractivity contribution in [3.8, 4) is 0 Å². The fourth-order valence-electron chi connectivity index (χ4n) is 4.06. The molecular weight excluding hydrogens is 368 g/mol. The highest BCUT2D eigenvalue weighted by Gasteiger charge is 2.43. The van der Waals surface area contributed by atoms with Gasteiger partial charge in [-0.05, 0) is 52.9 Å². The second kappa shape index (κ2) is 5.49. The number of amides is 1. The highest BCUT2D eigenvalue weighted by atomic mass is 79.9. The molecule has 1 atom stereocenters. The predicted molar refractivity (Wildman–Crippen MR) is 94.5 cm³/mol. The Balaban J connectivity index is 1.42. The van der Waals surface area contributed by atoms with Crippen molar-refractivity contribution in [3.63, 3.8) is 0 Å². The standard InChI is InChI=1S/C18H19BrN4O/c19-13-8-11-7-12-10-22(5-3-15(12)21-17(11)20-9-13)16-4-6-23(18(16)24)14-1-2-14/h7-9,14,16H,1-6,10H2. The average molecular weight is 387 g/mol. The van der Waals surface area contributed by atoms with E-state index in [1.165, 1.54) is 18.4 Å². The van der Waals surface area contributed by atoms with Gasteiger partial charge in [-0.2, -0.15) is 0 Å². The molecule has 2 fully saturated rings. The molecule has 2 aromatic rings. The molecule has 24 heavy (non-hydrogen) atoms. The Bertz CT molecular complexity index is 835. The number of aromatic nitrogens is 2. The van der Waals surface area contributed by atoms with Crippen LogP contribution in [0.3, 0.4) is 0 Å². The minimum atomic E-state index is 0.0649. The lowest BCUT2D eigenvalue weighted by Crippen LogP contribution is -2.44. The lowest BCUT2D eigenvalue weighted by atomic mass is 10.0. The van der Waals surface area contributed by atoms with E-state index in [0.717, 1.165) is 53.7 Å². The van der Waals surface area contributed by atoms with Crippen LogP contribution in [0, 0.1) is 0 Å². The summed E-state index contributed by atoms with van der Waals surface area (Å²) < 4.78 is 0.968. The Morgan fingerprint density at radius 1 is 1.17 bits per heavy atom. The van der Waals surface area contributed by atoms with Gasteiger partial charge < -0.3 is 4.90 Å². The third kappa shape index (κ3) is 2.43. The zero-order valence-corrected chi connectivity index (χ0v) is 15.0. The van der Waals surface area contributed by atoms with Crippen LogP contribution in [0.4, 0.5) is 0 Å². The van der Waals surface area contributed by atoms with Crippen molar-refractivity contribution in [3.05, 3.63) is 34.1 Å². The second-order valence-electron chi connectivity index (χ2n) is 7.08. The molecule has 1 saturated carbocycles. The number of fused-ring (bicyclic) bond motifs is 2. The minimum Gasteiger partial charge on any atom is -0.338 e. The van der Waals surface area contributed by atoms with E-state index in [-0.39, 0.29) is 6.04 Å². The van der Waals surface area contributed by atoms with Gasteiger partial charge in [-0.3, -0.25) is 9.69 Å². The van der Waals surface area contributed by atoms with Crippen molar-refractivity contribution in [2.75, 3.05) is 13.1 Å². The number of pyridine rings is 2. The molecule has 124 valence electrons. The van der Waals surface area contributed by atoms with E-state index in [1.807, 2.05) is 0 Å². The van der Waals surface area contributed by atoms with E-state index in [1.54, 1.807) is 6.20 Å². The smallest absolute Gasteiger partial charge is 0.240 e. The Morgan fingerprint density at radius 3 is 2.88 bits per heavy atom. The molecular formula is C18H19BrN4O. The molecule has 2 aliphatic heterocycles. The lowest BCUT2D eigenvalue weighted by Gasteiger charge is -2.32. The normalized spacial score (nSPS) is 24.6. The summed E-state index contributed by atoms with van der Waals surface area (Å²) in [6.45, 7) is 2.67. The van der Waals surface area contributed by atoms with Crippen LogP contribution >= 0.6 is 15.9 Å². The maximum atomic E-state index is 12.7. The van der Waals surface area contributed by atoms with Crippen LogP contribution in [-0.2, 0) is 17.8 Å². The van der Waals surface area contributed by atoms with E-state index >= 15 is 0 Å². The summed E-state index contributed by atoms with van der Waals surface area (Å²) >= 11 is 3.48. The first-order valence-corrected chi connectivity index (χ1v) is 9.47. The maximum Gasteiger partial charge on any atom is 0.240 e. The third-order valence-corrected chi connectivity index (χ3v) is 5.89. The molecule has 0 bridgehead atoms. The summed E-state index contributed by atoms with van der Waals surface area (Å²) in [6, 6.07) is 4.85. The Labute approximate surface area is 149 Å². The van der Waals surface area contributed by atoms with E-state index in [9.17, 15) is 4.79 Å². The van der Waals surface area contributed by atoms with Crippen molar-refractivity contribution in [2.24, 2.45) is 0 Å². The zero-order valence-electron chi connectivity index (χ0n) is 13.4. The molecule has 0 spiro atoms. The van der Waals surface area contributed by atoms with Gasteiger partial charge in [0.15, 0.2) is 5.65 Å². The van der Waals surface area contributed by atoms with Gasteiger partial charge in [0.05, 0.1) is 6.04 Å². The van der Waals surface area contributed by atoms with Crippen molar-refractivity contribution < 1.29 is 4.79 Å². The van der Waals surface area contributed by atoms with E-state index in [0.29, 0.717) is 11.9 Å². The Kier molecular flexibility index (Phi) is 3.38. The SMILES string of the molecule is O=C1C(N2CCc3nc4ncc(Br)cc4cc3C2)CCN1C1CC1. The van der Waals surface area contributed by atoms with Gasteiger partial charge >= 0.3 is 0 Å². The fraction of sp³-hybridized carbons (Fsp3) is 0.500. The summed E-state index contributed by atoms with van der Waals surface area (Å²) in [4.78, 5) is 26.3. The molecule has 0 N–H and O–H groups in total. The first kappa shape index (κ1) is 14.8. The number of hydrogen-bond acceptors (Lipinski definition) is 4. The van der Waals surface area contributed by atoms with Gasteiger partial charge in [0.25, 0.3) is 0 Å². The first-order chi connectivity index (χ1) is 11.7. The second-order valence-corrected chi connectivity index (χ2v) is 8.00. The minimum absolute atomic E-state index is 0.0649. The quantitative estimate of drug-likeness (QED) is 0.795. The fourth-order valence-corrected chi connectivity index (χ4v) is 4.41. The number of halogens is 1. The molecule has 6 heteroatoms. The summed E-state index contributed by atoms with van der Waals surface area (Å²) in [7, 11) is 0. The van der Waals surface area contributed by atoms with Crippen LogP contribution in [0.5, 0.6) is 0 Å². The van der Waals surface area contributed by atoms with Gasteiger partial charge in [0.2, 0.25) is 5.91 Å². The monoisotopic (exact) mass is 386 g/mol. The molecule has 1 aliphatic carbocycles. The van der Waals surface area contributed by atoms with E-state index in [2.05, 4.69) is 42.8 Å². The molecule has 5 rings (SSSR count). The Hall–Kier alpha value is -1.53. The number of likely N-dealkylation sites (tertiary alicyclic amines) is 1. The van der Waals surface area contributed by atoms with Crippen LogP contribution in [0.1, 0.15) is 30.5 Å². The molecule has 5 nitrogen and oxygen atoms in total. The van der Waals surface area contributed by atoms with Crippen LogP contribution in [-0.4, -0.2) is 50.8 Å². The van der Waals surface area contributed by atoms with E-state index in [4.69, 9.17) is 4.98 Å². The summed E-state index contributed by atoms with van der Waals surface area (Å²) in [5, 5.41) is 1.06. The van der Waals surface area contributed by atoms with Gasteiger partial charge in [-0.15, -0.1) is 0 Å². The van der Waals surface area contributed by atoms with Crippen molar-refractivity contribution in [2.45, 2.75) is 44.3 Å². The molecule has 4 heterocycles. The molecule has 1 saturated heterocycles. The van der Waals surface area contributed by atoms with Crippen LogP contribution < -0.4 is 0 Å². The molecule has 1 amide bonds. The zero-order chi connectivity index (χ0) is 16.3. The number of carbonyl (C=O) groups excluding carboxylic acids is 1. The number of rotatable bonds is 2. The number of carbonyl (C=O) groups is 1. The third-order valence-electron chi connectivity index (χ3n) is 5.45. The topological polar surface area (TPSA) is 49.3 Å². The molecule has 0 aromatic carbocycles. The van der Waals surface area contributed by atoms with Crippen LogP contribution in [0.2, 0.25) is 0 Å². The number of nitrogens with zero attached hydrogens (tertiary/aromatic N) is 4. The average Bonchev–Trinajstić information content (AvgIpc) is 3.35. The molecule has 1 unspecified atom stereocenters. The van der Waals surface area contributed by atoms with Gasteiger partial charge in [0, 0.05) is 53.8 Å². The number of hydrogen-bond donors (Lipinski definition) is 0. The van der Waals surface area contributed by atoms with Crippen molar-refractivity contribution >= 4 is 32.9 Å². The lowest BCUT2D eigenvalue weighted by molar-refractivity contribution is -0.132. The first-order valence-electron chi connectivity index (χ1n) is 8.67. The van der Waals surface area contributed by atoms with Gasteiger partial charge in [-0.1, -0.05) is 0 Å². The predicted octanol–water partition coefficient (Wildman–Crippen LogP) is 2.51. The summed E-state index contributed by atoms with van der Waals surface area (Å²) in [5.74, 6) is 0.346. The van der Waals surface area contributed by atoms with Crippen molar-refractivity contribution in [1.29, 1.82) is 0 Å².